The summed E-state index contributed by atoms with van der Waals surface area (Å²) >= 11 is 0. The minimum Gasteiger partial charge on any atom is -0.494 e. The van der Waals surface area contributed by atoms with Crippen LogP contribution in [0.15, 0.2) is 36.4 Å². The van der Waals surface area contributed by atoms with Crippen LogP contribution in [0.5, 0.6) is 5.75 Å². The number of nitrogens with one attached hydrogen (secondary N) is 1. The summed E-state index contributed by atoms with van der Waals surface area (Å²) in [4.78, 5) is 0. The van der Waals surface area contributed by atoms with E-state index in [1.54, 1.807) is 0 Å². The molecule has 3 nitrogen and oxygen atoms in total. The molecular weight excluding hydrogens is 274 g/mol. The zero-order chi connectivity index (χ0) is 13.1. The first-order valence-corrected chi connectivity index (χ1v) is 6.85. The van der Waals surface area contributed by atoms with Gasteiger partial charge in [0.1, 0.15) is 5.75 Å². The highest BCUT2D eigenvalue weighted by atomic mass is 35.5. The molecule has 4 heteroatoms. The topological polar surface area (TPSA) is 30.5 Å². The van der Waals surface area contributed by atoms with Crippen molar-refractivity contribution in [2.24, 2.45) is 0 Å². The summed E-state index contributed by atoms with van der Waals surface area (Å²) in [5, 5.41) is 6.01. The molecule has 0 saturated carbocycles. The molecular formula is C16H20ClNO2. The number of morpholine rings is 1. The summed E-state index contributed by atoms with van der Waals surface area (Å²) in [6.45, 7) is 5.07. The fraction of sp³-hybridized carbons (Fsp3) is 0.375. The number of benzene rings is 2. The lowest BCUT2D eigenvalue weighted by molar-refractivity contribution is 0.0763. The number of ether oxygens (including phenoxy) is 2. The van der Waals surface area contributed by atoms with E-state index in [0.717, 1.165) is 18.9 Å². The molecule has 0 aromatic heterocycles. The highest BCUT2D eigenvalue weighted by Gasteiger charge is 2.21. The number of fused-ring (bicyclic) bond motifs is 1. The average Bonchev–Trinajstić information content (AvgIpc) is 2.48. The van der Waals surface area contributed by atoms with Gasteiger partial charge in [-0.15, -0.1) is 12.4 Å². The van der Waals surface area contributed by atoms with Crippen LogP contribution >= 0.6 is 12.4 Å². The van der Waals surface area contributed by atoms with Crippen LogP contribution in [0.25, 0.3) is 10.8 Å². The molecule has 1 aliphatic heterocycles. The van der Waals surface area contributed by atoms with Crippen molar-refractivity contribution >= 4 is 23.2 Å². The normalized spacial score (nSPS) is 18.6. The molecule has 0 amide bonds. The van der Waals surface area contributed by atoms with Crippen LogP contribution in [0, 0.1) is 0 Å². The first-order valence-electron chi connectivity index (χ1n) is 6.85. The second-order valence-electron chi connectivity index (χ2n) is 4.71. The third kappa shape index (κ3) is 2.90. The third-order valence-electron chi connectivity index (χ3n) is 3.50. The van der Waals surface area contributed by atoms with Gasteiger partial charge in [0.25, 0.3) is 0 Å². The van der Waals surface area contributed by atoms with Crippen LogP contribution in [0.4, 0.5) is 0 Å². The van der Waals surface area contributed by atoms with Gasteiger partial charge in [0.05, 0.1) is 25.9 Å². The maximum atomic E-state index is 5.80. The fourth-order valence-corrected chi connectivity index (χ4v) is 2.67. The summed E-state index contributed by atoms with van der Waals surface area (Å²) in [5.74, 6) is 0.962. The van der Waals surface area contributed by atoms with Crippen molar-refractivity contribution in [3.63, 3.8) is 0 Å². The lowest BCUT2D eigenvalue weighted by atomic mass is 9.97. The van der Waals surface area contributed by atoms with E-state index >= 15 is 0 Å². The van der Waals surface area contributed by atoms with Crippen molar-refractivity contribution in [1.29, 1.82) is 0 Å². The predicted octanol–water partition coefficient (Wildman–Crippen LogP) is 3.32. The van der Waals surface area contributed by atoms with E-state index in [2.05, 4.69) is 41.7 Å². The minimum atomic E-state index is 0. The molecule has 0 unspecified atom stereocenters. The van der Waals surface area contributed by atoms with Gasteiger partial charge in [-0.2, -0.15) is 0 Å². The van der Waals surface area contributed by atoms with E-state index < -0.39 is 0 Å². The number of hydrogen-bond donors (Lipinski definition) is 1. The second kappa shape index (κ2) is 6.93. The van der Waals surface area contributed by atoms with Gasteiger partial charge in [0, 0.05) is 12.1 Å². The molecule has 108 valence electrons. The van der Waals surface area contributed by atoms with Gasteiger partial charge in [-0.1, -0.05) is 30.3 Å². The van der Waals surface area contributed by atoms with Crippen molar-refractivity contribution in [3.8, 4) is 5.75 Å². The molecule has 2 aromatic carbocycles. The Morgan fingerprint density at radius 3 is 2.85 bits per heavy atom. The van der Waals surface area contributed by atoms with E-state index in [-0.39, 0.29) is 18.4 Å². The highest BCUT2D eigenvalue weighted by molar-refractivity contribution is 5.88. The van der Waals surface area contributed by atoms with Crippen LogP contribution in [0.2, 0.25) is 0 Å². The Morgan fingerprint density at radius 2 is 2.10 bits per heavy atom. The minimum absolute atomic E-state index is 0. The van der Waals surface area contributed by atoms with Gasteiger partial charge < -0.3 is 14.8 Å². The van der Waals surface area contributed by atoms with E-state index in [1.807, 2.05) is 6.92 Å². The average molecular weight is 294 g/mol. The first-order chi connectivity index (χ1) is 9.40. The van der Waals surface area contributed by atoms with E-state index in [9.17, 15) is 0 Å². The molecule has 1 N–H and O–H groups in total. The summed E-state index contributed by atoms with van der Waals surface area (Å²) < 4.78 is 11.4. The molecule has 0 spiro atoms. The largest absolute Gasteiger partial charge is 0.494 e. The van der Waals surface area contributed by atoms with Crippen LogP contribution in [0.3, 0.4) is 0 Å². The van der Waals surface area contributed by atoms with Gasteiger partial charge in [0.15, 0.2) is 0 Å². The van der Waals surface area contributed by atoms with Crippen molar-refractivity contribution < 1.29 is 9.47 Å². The monoisotopic (exact) mass is 293 g/mol. The molecule has 1 aliphatic rings. The summed E-state index contributed by atoms with van der Waals surface area (Å²) in [5.41, 5.74) is 1.22. The maximum Gasteiger partial charge on any atom is 0.124 e. The summed E-state index contributed by atoms with van der Waals surface area (Å²) in [6.07, 6.45) is 0. The van der Waals surface area contributed by atoms with E-state index in [4.69, 9.17) is 9.47 Å². The molecule has 1 saturated heterocycles. The van der Waals surface area contributed by atoms with Crippen molar-refractivity contribution in [3.05, 3.63) is 42.0 Å². The standard InChI is InChI=1S/C16H19NO2.ClH/c1-2-19-15-8-7-12-5-3-4-6-13(12)16(15)14-11-18-10-9-17-14;/h3-8,14,17H,2,9-11H2,1H3;1H/t14-;/m1./s1. The predicted molar refractivity (Wildman–Crippen MR) is 83.9 cm³/mol. The van der Waals surface area contributed by atoms with E-state index in [0.29, 0.717) is 13.2 Å². The molecule has 0 aliphatic carbocycles. The molecule has 0 bridgehead atoms. The van der Waals surface area contributed by atoms with Crippen molar-refractivity contribution in [2.45, 2.75) is 13.0 Å². The van der Waals surface area contributed by atoms with Gasteiger partial charge in [0.2, 0.25) is 0 Å². The molecule has 1 fully saturated rings. The number of hydrogen-bond acceptors (Lipinski definition) is 3. The number of halogens is 1. The van der Waals surface area contributed by atoms with Gasteiger partial charge in [-0.25, -0.2) is 0 Å². The van der Waals surface area contributed by atoms with Crippen molar-refractivity contribution in [2.75, 3.05) is 26.4 Å². The molecule has 1 atom stereocenters. The number of rotatable bonds is 3. The molecule has 2 aromatic rings. The van der Waals surface area contributed by atoms with Crippen LogP contribution in [-0.4, -0.2) is 26.4 Å². The van der Waals surface area contributed by atoms with Crippen molar-refractivity contribution in [1.82, 2.24) is 5.32 Å². The summed E-state index contributed by atoms with van der Waals surface area (Å²) in [7, 11) is 0. The molecule has 3 rings (SSSR count). The van der Waals surface area contributed by atoms with Crippen LogP contribution in [-0.2, 0) is 4.74 Å². The Hall–Kier alpha value is -1.29. The van der Waals surface area contributed by atoms with Crippen LogP contribution in [0.1, 0.15) is 18.5 Å². The zero-order valence-electron chi connectivity index (χ0n) is 11.6. The first kappa shape index (κ1) is 15.1. The SMILES string of the molecule is CCOc1ccc2ccccc2c1[C@H]1COCCN1.Cl. The van der Waals surface area contributed by atoms with Gasteiger partial charge >= 0.3 is 0 Å². The smallest absolute Gasteiger partial charge is 0.124 e. The highest BCUT2D eigenvalue weighted by Crippen LogP contribution is 2.34. The van der Waals surface area contributed by atoms with Gasteiger partial charge in [-0.05, 0) is 23.8 Å². The Bertz CT molecular complexity index is 567. The molecule has 1 heterocycles. The zero-order valence-corrected chi connectivity index (χ0v) is 12.4. The van der Waals surface area contributed by atoms with Crippen LogP contribution < -0.4 is 10.1 Å². The quantitative estimate of drug-likeness (QED) is 0.942. The fourth-order valence-electron chi connectivity index (χ4n) is 2.67. The van der Waals surface area contributed by atoms with Gasteiger partial charge in [-0.3, -0.25) is 0 Å². The molecule has 20 heavy (non-hydrogen) atoms. The van der Waals surface area contributed by atoms with E-state index in [1.165, 1.54) is 16.3 Å². The summed E-state index contributed by atoms with van der Waals surface area (Å²) in [6, 6.07) is 12.8. The second-order valence-corrected chi connectivity index (χ2v) is 4.71. The maximum absolute atomic E-state index is 5.80. The Balaban J connectivity index is 0.00000147. The Kier molecular flexibility index (Phi) is 5.24. The third-order valence-corrected chi connectivity index (χ3v) is 3.50. The Morgan fingerprint density at radius 1 is 1.25 bits per heavy atom. The molecule has 0 radical (unpaired) electrons. The lowest BCUT2D eigenvalue weighted by Gasteiger charge is -2.27. The lowest BCUT2D eigenvalue weighted by Crippen LogP contribution is -2.34. The Labute approximate surface area is 125 Å².